The molecule has 0 rings (SSSR count). The molecule has 0 spiro atoms. The van der Waals surface area contributed by atoms with Gasteiger partial charge in [-0.15, -0.1) is 0 Å². The molecule has 0 radical (unpaired) electrons. The number of aliphatic hydroxyl groups is 2. The van der Waals surface area contributed by atoms with Crippen LogP contribution in [0.25, 0.3) is 0 Å². The van der Waals surface area contributed by atoms with Crippen LogP contribution >= 0.6 is 0 Å². The molecular formula is C10H26O2Zn. The molecule has 2 nitrogen and oxygen atoms in total. The minimum Gasteiger partial charge on any atom is -0.400 e. The van der Waals surface area contributed by atoms with Gasteiger partial charge in [0, 0.05) is 14.2 Å². The molecule has 80 valence electrons. The van der Waals surface area contributed by atoms with Crippen LogP contribution in [0.4, 0.5) is 0 Å². The molecule has 3 heteroatoms. The van der Waals surface area contributed by atoms with E-state index in [0.717, 1.165) is 27.1 Å². The summed E-state index contributed by atoms with van der Waals surface area (Å²) in [6, 6.07) is 0. The Kier molecular flexibility index (Phi) is 182. The number of hydrogen-bond donors (Lipinski definition) is 2. The Bertz CT molecular complexity index is 20.9. The first-order valence-electron chi connectivity index (χ1n) is 4.31. The Morgan fingerprint density at radius 3 is 0.846 bits per heavy atom. The Morgan fingerprint density at radius 2 is 0.846 bits per heavy atom. The first-order valence-corrected chi connectivity index (χ1v) is 4.31. The van der Waals surface area contributed by atoms with E-state index in [4.69, 9.17) is 10.2 Å². The summed E-state index contributed by atoms with van der Waals surface area (Å²) in [5, 5.41) is 14.0. The number of unbranched alkanes of at least 4 members (excludes halogenated alkanes) is 2. The van der Waals surface area contributed by atoms with Gasteiger partial charge in [0.05, 0.1) is 0 Å². The van der Waals surface area contributed by atoms with E-state index >= 15 is 0 Å². The van der Waals surface area contributed by atoms with Crippen molar-refractivity contribution < 1.29 is 29.7 Å². The van der Waals surface area contributed by atoms with Gasteiger partial charge in [-0.05, 0) is 0 Å². The fraction of sp³-hybridized carbons (Fsp3) is 0.800. The van der Waals surface area contributed by atoms with E-state index in [1.165, 1.54) is 12.8 Å². The monoisotopic (exact) mass is 242 g/mol. The van der Waals surface area contributed by atoms with E-state index in [9.17, 15) is 0 Å². The zero-order chi connectivity index (χ0) is 10.8. The molecule has 0 aromatic rings. The Morgan fingerprint density at radius 1 is 0.769 bits per heavy atom. The van der Waals surface area contributed by atoms with Gasteiger partial charge in [-0.3, -0.25) is 0 Å². The van der Waals surface area contributed by atoms with E-state index in [1.807, 2.05) is 0 Å². The summed E-state index contributed by atoms with van der Waals surface area (Å²) < 4.78 is 0. The molecule has 0 saturated carbocycles. The third-order valence-electron chi connectivity index (χ3n) is 0.707. The number of aliphatic hydroxyl groups excluding tert-OH is 2. The average Bonchev–Trinajstić information content (AvgIpc) is 2.23. The van der Waals surface area contributed by atoms with Gasteiger partial charge in [0.1, 0.15) is 0 Å². The van der Waals surface area contributed by atoms with Gasteiger partial charge in [-0.25, -0.2) is 0 Å². The standard InChI is InChI=1S/2C4H9.2CH4O.Zn/c2*1-3-4-2;2*1-2;/h2*1,3-4H2,2H3;2*2H,1H3;/q2*-1;;;+2. The molecule has 0 saturated heterocycles. The maximum Gasteiger partial charge on any atom is 2.00 e. The van der Waals surface area contributed by atoms with Crippen molar-refractivity contribution in [3.05, 3.63) is 13.8 Å². The van der Waals surface area contributed by atoms with Crippen LogP contribution in [0.2, 0.25) is 0 Å². The van der Waals surface area contributed by atoms with E-state index in [0.29, 0.717) is 0 Å². The van der Waals surface area contributed by atoms with Crippen LogP contribution in [0.3, 0.4) is 0 Å². The number of rotatable bonds is 2. The van der Waals surface area contributed by atoms with Crippen LogP contribution in [0.1, 0.15) is 39.5 Å². The molecule has 0 unspecified atom stereocenters. The van der Waals surface area contributed by atoms with Crippen molar-refractivity contribution in [3.8, 4) is 0 Å². The van der Waals surface area contributed by atoms with Gasteiger partial charge in [0.25, 0.3) is 0 Å². The molecule has 0 heterocycles. The summed E-state index contributed by atoms with van der Waals surface area (Å²) in [5.74, 6) is 0. The molecule has 0 bridgehead atoms. The maximum atomic E-state index is 7.00. The van der Waals surface area contributed by atoms with Crippen molar-refractivity contribution in [2.45, 2.75) is 39.5 Å². The summed E-state index contributed by atoms with van der Waals surface area (Å²) in [6.07, 6.45) is 4.56. The van der Waals surface area contributed by atoms with Crippen LogP contribution in [0, 0.1) is 13.8 Å². The van der Waals surface area contributed by atoms with Crippen molar-refractivity contribution in [3.63, 3.8) is 0 Å². The van der Waals surface area contributed by atoms with Crippen molar-refractivity contribution in [2.24, 2.45) is 0 Å². The normalized spacial score (nSPS) is 5.54. The predicted molar refractivity (Wildman–Crippen MR) is 56.8 cm³/mol. The molecule has 0 aromatic heterocycles. The van der Waals surface area contributed by atoms with Crippen LogP contribution in [0.15, 0.2) is 0 Å². The molecule has 0 amide bonds. The van der Waals surface area contributed by atoms with Gasteiger partial charge in [-0.2, -0.15) is 12.8 Å². The molecule has 0 aliphatic carbocycles. The van der Waals surface area contributed by atoms with Crippen LogP contribution in [-0.2, 0) is 19.5 Å². The van der Waals surface area contributed by atoms with Crippen molar-refractivity contribution in [1.82, 2.24) is 0 Å². The molecule has 0 atom stereocenters. The fourth-order valence-corrected chi connectivity index (χ4v) is 0. The van der Waals surface area contributed by atoms with Gasteiger partial charge < -0.3 is 24.1 Å². The van der Waals surface area contributed by atoms with Crippen molar-refractivity contribution in [2.75, 3.05) is 14.2 Å². The Labute approximate surface area is 97.5 Å². The van der Waals surface area contributed by atoms with Gasteiger partial charge in [0.2, 0.25) is 0 Å². The second-order valence-electron chi connectivity index (χ2n) is 1.71. The molecule has 0 aliphatic rings. The summed E-state index contributed by atoms with van der Waals surface area (Å²) in [4.78, 5) is 0. The van der Waals surface area contributed by atoms with Gasteiger partial charge in [0.15, 0.2) is 0 Å². The smallest absolute Gasteiger partial charge is 0.400 e. The number of hydrogen-bond acceptors (Lipinski definition) is 2. The molecular weight excluding hydrogens is 217 g/mol. The third-order valence-corrected chi connectivity index (χ3v) is 0.707. The van der Waals surface area contributed by atoms with Gasteiger partial charge >= 0.3 is 19.5 Å². The SMILES string of the molecule is CO.CO.[CH2-]CCC.[CH2-]CCC.[Zn+2]. The topological polar surface area (TPSA) is 40.5 Å². The summed E-state index contributed by atoms with van der Waals surface area (Å²) in [7, 11) is 2.00. The van der Waals surface area contributed by atoms with E-state index in [-0.39, 0.29) is 19.5 Å². The minimum absolute atomic E-state index is 0. The molecule has 0 fully saturated rings. The van der Waals surface area contributed by atoms with Crippen molar-refractivity contribution in [1.29, 1.82) is 0 Å². The Hall–Kier alpha value is 0.543. The molecule has 0 aromatic carbocycles. The minimum atomic E-state index is 0. The zero-order valence-electron chi connectivity index (χ0n) is 9.84. The van der Waals surface area contributed by atoms with E-state index in [2.05, 4.69) is 27.7 Å². The fourth-order valence-electron chi connectivity index (χ4n) is 0. The van der Waals surface area contributed by atoms with E-state index in [1.54, 1.807) is 0 Å². The average molecular weight is 244 g/mol. The van der Waals surface area contributed by atoms with E-state index < -0.39 is 0 Å². The van der Waals surface area contributed by atoms with Crippen LogP contribution in [0.5, 0.6) is 0 Å². The van der Waals surface area contributed by atoms with Crippen LogP contribution < -0.4 is 0 Å². The molecule has 2 N–H and O–H groups in total. The van der Waals surface area contributed by atoms with Gasteiger partial charge in [-0.1, -0.05) is 26.7 Å². The molecule has 13 heavy (non-hydrogen) atoms. The first kappa shape index (κ1) is 29.2. The summed E-state index contributed by atoms with van der Waals surface area (Å²) in [5.41, 5.74) is 0. The first-order chi connectivity index (χ1) is 5.83. The largest absolute Gasteiger partial charge is 2.00 e. The zero-order valence-corrected chi connectivity index (χ0v) is 12.8. The Balaban J connectivity index is -0.0000000226. The maximum absolute atomic E-state index is 7.00. The van der Waals surface area contributed by atoms with Crippen LogP contribution in [-0.4, -0.2) is 24.4 Å². The second kappa shape index (κ2) is 81.0. The van der Waals surface area contributed by atoms with Crippen molar-refractivity contribution >= 4 is 0 Å². The summed E-state index contributed by atoms with van der Waals surface area (Å²) >= 11 is 0. The molecule has 0 aliphatic heterocycles. The second-order valence-corrected chi connectivity index (χ2v) is 1.71. The quantitative estimate of drug-likeness (QED) is 0.578. The summed E-state index contributed by atoms with van der Waals surface area (Å²) in [6.45, 7) is 11.4. The third kappa shape index (κ3) is 216. The predicted octanol–water partition coefficient (Wildman–Crippen LogP) is 2.46.